The Morgan fingerprint density at radius 2 is 1.88 bits per heavy atom. The van der Waals surface area contributed by atoms with Crippen LogP contribution in [0.5, 0.6) is 0 Å². The van der Waals surface area contributed by atoms with Crippen LogP contribution in [0.2, 0.25) is 0 Å². The number of rotatable bonds is 4. The average Bonchev–Trinajstić information content (AvgIpc) is 2.34. The van der Waals surface area contributed by atoms with Gasteiger partial charge in [-0.05, 0) is 24.1 Å². The highest BCUT2D eigenvalue weighted by molar-refractivity contribution is 5.36. The van der Waals surface area contributed by atoms with Gasteiger partial charge in [-0.25, -0.2) is 14.4 Å². The van der Waals surface area contributed by atoms with E-state index in [2.05, 4.69) is 15.3 Å². The van der Waals surface area contributed by atoms with Crippen LogP contribution in [0.4, 0.5) is 16.0 Å². The molecular weight excluding hydrogens is 219 g/mol. The zero-order valence-corrected chi connectivity index (χ0v) is 9.23. The monoisotopic (exact) mass is 232 g/mol. The quantitative estimate of drug-likeness (QED) is 0.844. The Labute approximate surface area is 98.7 Å². The van der Waals surface area contributed by atoms with Gasteiger partial charge in [-0.3, -0.25) is 0 Å². The first-order chi connectivity index (χ1) is 8.24. The smallest absolute Gasteiger partial charge is 0.144 e. The third-order valence-electron chi connectivity index (χ3n) is 2.30. The van der Waals surface area contributed by atoms with Crippen LogP contribution in [-0.4, -0.2) is 16.5 Å². The van der Waals surface area contributed by atoms with Crippen LogP contribution in [-0.2, 0) is 6.42 Å². The standard InChI is InChI=1S/C12H13FN4/c13-10-3-1-9(2-4-10)5-6-15-12-8-16-11(14)7-17-12/h1-4,7-8H,5-6H2,(H2,14,16)(H,15,17). The third kappa shape index (κ3) is 3.41. The molecule has 17 heavy (non-hydrogen) atoms. The molecule has 5 heteroatoms. The summed E-state index contributed by atoms with van der Waals surface area (Å²) in [6, 6.07) is 6.45. The maximum absolute atomic E-state index is 12.7. The first kappa shape index (κ1) is 11.3. The van der Waals surface area contributed by atoms with Gasteiger partial charge in [0.1, 0.15) is 17.5 Å². The molecule has 0 aliphatic carbocycles. The molecule has 0 unspecified atom stereocenters. The Morgan fingerprint density at radius 1 is 1.12 bits per heavy atom. The molecule has 1 heterocycles. The number of hydrogen-bond acceptors (Lipinski definition) is 4. The highest BCUT2D eigenvalue weighted by Gasteiger charge is 1.96. The number of nitrogens with two attached hydrogens (primary N) is 1. The molecule has 0 spiro atoms. The zero-order chi connectivity index (χ0) is 12.1. The van der Waals surface area contributed by atoms with Crippen LogP contribution >= 0.6 is 0 Å². The molecule has 4 nitrogen and oxygen atoms in total. The van der Waals surface area contributed by atoms with E-state index in [4.69, 9.17) is 5.73 Å². The van der Waals surface area contributed by atoms with Crippen LogP contribution in [0.3, 0.4) is 0 Å². The van der Waals surface area contributed by atoms with Gasteiger partial charge in [0.15, 0.2) is 0 Å². The Kier molecular flexibility index (Phi) is 3.49. The van der Waals surface area contributed by atoms with Gasteiger partial charge >= 0.3 is 0 Å². The number of hydrogen-bond donors (Lipinski definition) is 2. The lowest BCUT2D eigenvalue weighted by molar-refractivity contribution is 0.627. The fourth-order valence-corrected chi connectivity index (χ4v) is 1.42. The molecule has 0 atom stereocenters. The highest BCUT2D eigenvalue weighted by atomic mass is 19.1. The zero-order valence-electron chi connectivity index (χ0n) is 9.23. The van der Waals surface area contributed by atoms with Gasteiger partial charge in [0.05, 0.1) is 12.4 Å². The molecular formula is C12H13FN4. The lowest BCUT2D eigenvalue weighted by atomic mass is 10.1. The predicted octanol–water partition coefficient (Wildman–Crippen LogP) is 1.85. The summed E-state index contributed by atoms with van der Waals surface area (Å²) in [5, 5.41) is 3.11. The van der Waals surface area contributed by atoms with Crippen LogP contribution in [0.1, 0.15) is 5.56 Å². The lowest BCUT2D eigenvalue weighted by Gasteiger charge is -2.05. The first-order valence-electron chi connectivity index (χ1n) is 5.30. The van der Waals surface area contributed by atoms with E-state index in [0.29, 0.717) is 18.2 Å². The minimum atomic E-state index is -0.217. The SMILES string of the molecule is Nc1cnc(NCCc2ccc(F)cc2)cn1. The maximum Gasteiger partial charge on any atom is 0.144 e. The normalized spacial score (nSPS) is 10.2. The van der Waals surface area contributed by atoms with E-state index in [1.165, 1.54) is 18.3 Å². The summed E-state index contributed by atoms with van der Waals surface area (Å²) in [6.45, 7) is 0.713. The molecule has 88 valence electrons. The summed E-state index contributed by atoms with van der Waals surface area (Å²) in [5.74, 6) is 0.863. The molecule has 1 aromatic heterocycles. The summed E-state index contributed by atoms with van der Waals surface area (Å²) in [7, 11) is 0. The predicted molar refractivity (Wildman–Crippen MR) is 65.0 cm³/mol. The third-order valence-corrected chi connectivity index (χ3v) is 2.30. The topological polar surface area (TPSA) is 63.8 Å². The summed E-state index contributed by atoms with van der Waals surface area (Å²) in [4.78, 5) is 7.98. The van der Waals surface area contributed by atoms with Crippen molar-refractivity contribution in [1.82, 2.24) is 9.97 Å². The number of halogens is 1. The fourth-order valence-electron chi connectivity index (χ4n) is 1.42. The number of anilines is 2. The molecule has 0 bridgehead atoms. The molecule has 0 aliphatic heterocycles. The van der Waals surface area contributed by atoms with Gasteiger partial charge in [-0.1, -0.05) is 12.1 Å². The van der Waals surface area contributed by atoms with Gasteiger partial charge in [0.25, 0.3) is 0 Å². The molecule has 0 saturated heterocycles. The van der Waals surface area contributed by atoms with Gasteiger partial charge < -0.3 is 11.1 Å². The van der Waals surface area contributed by atoms with Gasteiger partial charge in [-0.2, -0.15) is 0 Å². The van der Waals surface area contributed by atoms with E-state index in [-0.39, 0.29) is 5.82 Å². The summed E-state index contributed by atoms with van der Waals surface area (Å²) in [5.41, 5.74) is 6.50. The van der Waals surface area contributed by atoms with E-state index in [1.54, 1.807) is 18.3 Å². The van der Waals surface area contributed by atoms with Gasteiger partial charge in [0, 0.05) is 6.54 Å². The summed E-state index contributed by atoms with van der Waals surface area (Å²) < 4.78 is 12.7. The van der Waals surface area contributed by atoms with Crippen molar-refractivity contribution < 1.29 is 4.39 Å². The molecule has 2 aromatic rings. The molecule has 2 rings (SSSR count). The number of nitrogens with one attached hydrogen (secondary N) is 1. The minimum Gasteiger partial charge on any atom is -0.382 e. The highest BCUT2D eigenvalue weighted by Crippen LogP contribution is 2.05. The van der Waals surface area contributed by atoms with Crippen molar-refractivity contribution in [2.45, 2.75) is 6.42 Å². The number of nitrogen functional groups attached to an aromatic ring is 1. The summed E-state index contributed by atoms with van der Waals surface area (Å²) in [6.07, 6.45) is 3.88. The Balaban J connectivity index is 1.83. The van der Waals surface area contributed by atoms with E-state index in [0.717, 1.165) is 12.0 Å². The van der Waals surface area contributed by atoms with Gasteiger partial charge in [0.2, 0.25) is 0 Å². The van der Waals surface area contributed by atoms with Crippen LogP contribution in [0, 0.1) is 5.82 Å². The molecule has 0 saturated carbocycles. The lowest BCUT2D eigenvalue weighted by Crippen LogP contribution is -2.07. The first-order valence-corrected chi connectivity index (χ1v) is 5.30. The van der Waals surface area contributed by atoms with Crippen LogP contribution < -0.4 is 11.1 Å². The van der Waals surface area contributed by atoms with Crippen LogP contribution in [0.25, 0.3) is 0 Å². The second-order valence-electron chi connectivity index (χ2n) is 3.63. The van der Waals surface area contributed by atoms with Crippen molar-refractivity contribution in [2.24, 2.45) is 0 Å². The van der Waals surface area contributed by atoms with E-state index >= 15 is 0 Å². The molecule has 0 aliphatic rings. The van der Waals surface area contributed by atoms with E-state index in [9.17, 15) is 4.39 Å². The number of benzene rings is 1. The molecule has 0 amide bonds. The molecule has 1 aromatic carbocycles. The molecule has 0 fully saturated rings. The molecule has 0 radical (unpaired) electrons. The Hall–Kier alpha value is -2.17. The molecule has 3 N–H and O–H groups in total. The fraction of sp³-hybridized carbons (Fsp3) is 0.167. The summed E-state index contributed by atoms with van der Waals surface area (Å²) >= 11 is 0. The second kappa shape index (κ2) is 5.25. The number of nitrogens with zero attached hydrogens (tertiary/aromatic N) is 2. The van der Waals surface area contributed by atoms with Crippen molar-refractivity contribution in [1.29, 1.82) is 0 Å². The van der Waals surface area contributed by atoms with Crippen molar-refractivity contribution in [3.05, 3.63) is 48.0 Å². The van der Waals surface area contributed by atoms with Crippen molar-refractivity contribution >= 4 is 11.6 Å². The van der Waals surface area contributed by atoms with E-state index in [1.807, 2.05) is 0 Å². The van der Waals surface area contributed by atoms with Crippen LogP contribution in [0.15, 0.2) is 36.7 Å². The van der Waals surface area contributed by atoms with E-state index < -0.39 is 0 Å². The van der Waals surface area contributed by atoms with Crippen molar-refractivity contribution in [2.75, 3.05) is 17.6 Å². The largest absolute Gasteiger partial charge is 0.382 e. The van der Waals surface area contributed by atoms with Gasteiger partial charge in [-0.15, -0.1) is 0 Å². The number of aromatic nitrogens is 2. The van der Waals surface area contributed by atoms with Crippen molar-refractivity contribution in [3.8, 4) is 0 Å². The Bertz CT molecular complexity index is 421. The maximum atomic E-state index is 12.7. The second-order valence-corrected chi connectivity index (χ2v) is 3.63. The Morgan fingerprint density at radius 3 is 2.53 bits per heavy atom. The average molecular weight is 232 g/mol. The van der Waals surface area contributed by atoms with Crippen molar-refractivity contribution in [3.63, 3.8) is 0 Å². The minimum absolute atomic E-state index is 0.217.